The Morgan fingerprint density at radius 1 is 0.971 bits per heavy atom. The lowest BCUT2D eigenvalue weighted by molar-refractivity contribution is -0.0608. The maximum absolute atomic E-state index is 13.2. The molecule has 2 unspecified atom stereocenters. The van der Waals surface area contributed by atoms with Gasteiger partial charge in [-0.3, -0.25) is 0 Å². The molecule has 0 saturated heterocycles. The third-order valence-corrected chi connectivity index (χ3v) is 5.21. The van der Waals surface area contributed by atoms with Crippen LogP contribution in [0.5, 0.6) is 17.2 Å². The molecule has 2 aromatic rings. The van der Waals surface area contributed by atoms with Crippen molar-refractivity contribution in [1.82, 2.24) is 0 Å². The molecule has 0 bridgehead atoms. The van der Waals surface area contributed by atoms with Crippen LogP contribution in [-0.2, 0) is 4.84 Å². The van der Waals surface area contributed by atoms with Gasteiger partial charge in [0.1, 0.15) is 31.0 Å². The first-order valence-corrected chi connectivity index (χ1v) is 11.5. The zero-order valence-corrected chi connectivity index (χ0v) is 21.1. The lowest BCUT2D eigenvalue weighted by Gasteiger charge is -2.21. The van der Waals surface area contributed by atoms with Crippen LogP contribution in [0.2, 0.25) is 0 Å². The van der Waals surface area contributed by atoms with E-state index in [1.165, 1.54) is 18.2 Å². The lowest BCUT2D eigenvalue weighted by Crippen LogP contribution is -2.24. The van der Waals surface area contributed by atoms with Crippen molar-refractivity contribution >= 4 is 5.71 Å². The molecule has 0 saturated carbocycles. The molecule has 0 heterocycles. The molecule has 192 valence electrons. The molecule has 0 aliphatic carbocycles. The second-order valence-corrected chi connectivity index (χ2v) is 8.35. The standard InChI is InChI=1S/C27H34F3NO4/c1-7-8-14-33-24-15-18(2)25(19(3)16-24)35-21(5)13-12-20(4)34-23-11-9-10-22(17-23)26(31-32-6)27(28,29)30/h7-11,15-17,20-21H,12-14H2,1-6H3/b8-7+,31-26+. The predicted molar refractivity (Wildman–Crippen MR) is 132 cm³/mol. The van der Waals surface area contributed by atoms with Crippen LogP contribution in [0.4, 0.5) is 13.2 Å². The first-order chi connectivity index (χ1) is 16.5. The molecule has 2 aromatic carbocycles. The van der Waals surface area contributed by atoms with Gasteiger partial charge >= 0.3 is 6.18 Å². The first kappa shape index (κ1) is 28.1. The van der Waals surface area contributed by atoms with Gasteiger partial charge in [0.2, 0.25) is 0 Å². The van der Waals surface area contributed by atoms with Gasteiger partial charge in [-0.2, -0.15) is 13.2 Å². The van der Waals surface area contributed by atoms with Crippen molar-refractivity contribution < 1.29 is 32.2 Å². The molecule has 0 aromatic heterocycles. The Hall–Kier alpha value is -3.16. The maximum atomic E-state index is 13.2. The van der Waals surface area contributed by atoms with E-state index in [1.807, 2.05) is 58.9 Å². The summed E-state index contributed by atoms with van der Waals surface area (Å²) in [5, 5.41) is 3.13. The quantitative estimate of drug-likeness (QED) is 0.178. The molecule has 2 atom stereocenters. The molecule has 0 aliphatic rings. The monoisotopic (exact) mass is 493 g/mol. The number of halogens is 3. The van der Waals surface area contributed by atoms with Gasteiger partial charge in [-0.1, -0.05) is 29.4 Å². The number of ether oxygens (including phenoxy) is 3. The number of benzene rings is 2. The lowest BCUT2D eigenvalue weighted by atomic mass is 10.1. The van der Waals surface area contributed by atoms with E-state index in [0.29, 0.717) is 25.2 Å². The average Bonchev–Trinajstić information content (AvgIpc) is 2.78. The molecule has 0 radical (unpaired) electrons. The van der Waals surface area contributed by atoms with Gasteiger partial charge in [0, 0.05) is 5.56 Å². The van der Waals surface area contributed by atoms with Gasteiger partial charge in [-0.05, 0) is 82.9 Å². The minimum absolute atomic E-state index is 0.0785. The summed E-state index contributed by atoms with van der Waals surface area (Å²) in [5.41, 5.74) is 0.757. The van der Waals surface area contributed by atoms with Crippen molar-refractivity contribution in [2.75, 3.05) is 13.7 Å². The highest BCUT2D eigenvalue weighted by Crippen LogP contribution is 2.30. The fourth-order valence-corrected chi connectivity index (χ4v) is 3.52. The van der Waals surface area contributed by atoms with E-state index in [2.05, 4.69) is 9.99 Å². The van der Waals surface area contributed by atoms with Crippen LogP contribution in [0.15, 0.2) is 53.7 Å². The molecule has 5 nitrogen and oxygen atoms in total. The molecule has 0 spiro atoms. The number of hydrogen-bond acceptors (Lipinski definition) is 5. The summed E-state index contributed by atoms with van der Waals surface area (Å²) in [4.78, 5) is 4.37. The van der Waals surface area contributed by atoms with Gasteiger partial charge in [0.05, 0.1) is 12.2 Å². The summed E-state index contributed by atoms with van der Waals surface area (Å²) in [6.45, 7) is 10.3. The van der Waals surface area contributed by atoms with Crippen LogP contribution >= 0.6 is 0 Å². The Morgan fingerprint density at radius 3 is 2.17 bits per heavy atom. The minimum Gasteiger partial charge on any atom is -0.491 e. The summed E-state index contributed by atoms with van der Waals surface area (Å²) in [6, 6.07) is 9.66. The van der Waals surface area contributed by atoms with Gasteiger partial charge in [-0.25, -0.2) is 0 Å². The Labute approximate surface area is 205 Å². The van der Waals surface area contributed by atoms with E-state index in [-0.39, 0.29) is 17.8 Å². The zero-order chi connectivity index (χ0) is 26.0. The number of oxime groups is 1. The van der Waals surface area contributed by atoms with E-state index in [1.54, 1.807) is 6.07 Å². The second kappa shape index (κ2) is 13.1. The molecular weight excluding hydrogens is 459 g/mol. The summed E-state index contributed by atoms with van der Waals surface area (Å²) in [6.07, 6.45) is 0.305. The average molecular weight is 494 g/mol. The van der Waals surface area contributed by atoms with Crippen LogP contribution in [0.1, 0.15) is 50.3 Å². The molecule has 0 N–H and O–H groups in total. The van der Waals surface area contributed by atoms with E-state index < -0.39 is 11.9 Å². The highest BCUT2D eigenvalue weighted by atomic mass is 19.4. The van der Waals surface area contributed by atoms with Crippen molar-refractivity contribution in [3.8, 4) is 17.2 Å². The van der Waals surface area contributed by atoms with E-state index in [0.717, 1.165) is 29.7 Å². The largest absolute Gasteiger partial charge is 0.491 e. The van der Waals surface area contributed by atoms with Crippen LogP contribution in [0, 0.1) is 13.8 Å². The van der Waals surface area contributed by atoms with Crippen molar-refractivity contribution in [3.05, 3.63) is 65.2 Å². The number of rotatable bonds is 12. The predicted octanol–water partition coefficient (Wildman–Crippen LogP) is 7.19. The summed E-state index contributed by atoms with van der Waals surface area (Å²) in [5.74, 6) is 1.96. The Balaban J connectivity index is 1.95. The smallest absolute Gasteiger partial charge is 0.437 e. The molecule has 35 heavy (non-hydrogen) atoms. The Bertz CT molecular complexity index is 995. The van der Waals surface area contributed by atoms with Gasteiger partial charge in [0.15, 0.2) is 5.71 Å². The minimum atomic E-state index is -4.64. The van der Waals surface area contributed by atoms with Crippen LogP contribution in [0.3, 0.4) is 0 Å². The van der Waals surface area contributed by atoms with Gasteiger partial charge in [0.25, 0.3) is 0 Å². The van der Waals surface area contributed by atoms with Crippen molar-refractivity contribution in [3.63, 3.8) is 0 Å². The fraction of sp³-hybridized carbons (Fsp3) is 0.444. The number of allylic oxidation sites excluding steroid dienone is 1. The topological polar surface area (TPSA) is 49.3 Å². The fourth-order valence-electron chi connectivity index (χ4n) is 3.52. The van der Waals surface area contributed by atoms with Crippen molar-refractivity contribution in [2.45, 2.75) is 65.8 Å². The molecular formula is C27H34F3NO4. The Kier molecular flexibility index (Phi) is 10.5. The number of hydrogen-bond donors (Lipinski definition) is 0. The normalized spacial score (nSPS) is 14.0. The number of aryl methyl sites for hydroxylation is 2. The van der Waals surface area contributed by atoms with Gasteiger partial charge in [-0.15, -0.1) is 0 Å². The van der Waals surface area contributed by atoms with Crippen molar-refractivity contribution in [2.24, 2.45) is 5.16 Å². The maximum Gasteiger partial charge on any atom is 0.437 e. The zero-order valence-electron chi connectivity index (χ0n) is 21.1. The van der Waals surface area contributed by atoms with E-state index in [4.69, 9.17) is 14.2 Å². The first-order valence-electron chi connectivity index (χ1n) is 11.5. The number of nitrogens with zero attached hydrogens (tertiary/aromatic N) is 1. The third kappa shape index (κ3) is 8.85. The molecule has 2 rings (SSSR count). The van der Waals surface area contributed by atoms with Crippen LogP contribution in [0.25, 0.3) is 0 Å². The SMILES string of the molecule is C/C=C/COc1cc(C)c(OC(C)CCC(C)Oc2cccc(/C(=N\OC)C(F)(F)F)c2)c(C)c1. The third-order valence-electron chi connectivity index (χ3n) is 5.21. The van der Waals surface area contributed by atoms with Crippen LogP contribution < -0.4 is 14.2 Å². The van der Waals surface area contributed by atoms with E-state index in [9.17, 15) is 13.2 Å². The molecule has 0 aliphatic heterocycles. The molecule has 0 fully saturated rings. The van der Waals surface area contributed by atoms with Crippen LogP contribution in [-0.4, -0.2) is 37.8 Å². The number of alkyl halides is 3. The van der Waals surface area contributed by atoms with Gasteiger partial charge < -0.3 is 19.0 Å². The van der Waals surface area contributed by atoms with Crippen molar-refractivity contribution in [1.29, 1.82) is 0 Å². The summed E-state index contributed by atoms with van der Waals surface area (Å²) < 4.78 is 57.5. The highest BCUT2D eigenvalue weighted by molar-refractivity contribution is 6.04. The van der Waals surface area contributed by atoms with E-state index >= 15 is 0 Å². The molecule has 0 amide bonds. The summed E-state index contributed by atoms with van der Waals surface area (Å²) in [7, 11) is 1.08. The second-order valence-electron chi connectivity index (χ2n) is 8.35. The highest BCUT2D eigenvalue weighted by Gasteiger charge is 2.38. The molecule has 8 heteroatoms. The Morgan fingerprint density at radius 2 is 1.60 bits per heavy atom. The summed E-state index contributed by atoms with van der Waals surface area (Å²) >= 11 is 0.